The molecule has 1 aromatic heterocycles. The Kier molecular flexibility index (Phi) is 1.51. The lowest BCUT2D eigenvalue weighted by Crippen LogP contribution is -2.04. The molecule has 1 saturated heterocycles. The quantitative estimate of drug-likeness (QED) is 0.385. The fraction of sp³-hybridized carbons (Fsp3) is 0.333. The first-order chi connectivity index (χ1) is 6.18. The SMILES string of the molecule is Nc1ncc([N+](=O)[O-])c(N2CC2)n1. The summed E-state index contributed by atoms with van der Waals surface area (Å²) < 4.78 is 0. The Morgan fingerprint density at radius 3 is 2.85 bits per heavy atom. The second-order valence-electron chi connectivity index (χ2n) is 2.68. The average molecular weight is 181 g/mol. The van der Waals surface area contributed by atoms with Gasteiger partial charge in [-0.15, -0.1) is 0 Å². The smallest absolute Gasteiger partial charge is 0.329 e. The molecule has 7 nitrogen and oxygen atoms in total. The molecule has 0 aliphatic carbocycles. The lowest BCUT2D eigenvalue weighted by atomic mass is 10.5. The van der Waals surface area contributed by atoms with Gasteiger partial charge in [0.25, 0.3) is 0 Å². The Morgan fingerprint density at radius 2 is 2.31 bits per heavy atom. The maximum atomic E-state index is 10.5. The number of nitrogens with zero attached hydrogens (tertiary/aromatic N) is 4. The zero-order valence-electron chi connectivity index (χ0n) is 6.67. The first-order valence-corrected chi connectivity index (χ1v) is 3.70. The summed E-state index contributed by atoms with van der Waals surface area (Å²) in [6.45, 7) is 1.58. The Balaban J connectivity index is 2.47. The minimum Gasteiger partial charge on any atom is -0.368 e. The highest BCUT2D eigenvalue weighted by Crippen LogP contribution is 2.29. The van der Waals surface area contributed by atoms with Crippen molar-refractivity contribution >= 4 is 17.5 Å². The molecule has 0 spiro atoms. The van der Waals surface area contributed by atoms with Crippen LogP contribution in [0.25, 0.3) is 0 Å². The monoisotopic (exact) mass is 181 g/mol. The van der Waals surface area contributed by atoms with Crippen molar-refractivity contribution in [2.75, 3.05) is 23.7 Å². The fourth-order valence-electron chi connectivity index (χ4n) is 1.00. The molecule has 7 heteroatoms. The molecule has 2 heterocycles. The maximum Gasteiger partial charge on any atom is 0.329 e. The van der Waals surface area contributed by atoms with Crippen LogP contribution in [0.2, 0.25) is 0 Å². The number of hydrogen-bond donors (Lipinski definition) is 1. The molecule has 1 aliphatic rings. The summed E-state index contributed by atoms with van der Waals surface area (Å²) in [6, 6.07) is 0. The summed E-state index contributed by atoms with van der Waals surface area (Å²) in [7, 11) is 0. The van der Waals surface area contributed by atoms with Gasteiger partial charge in [-0.1, -0.05) is 0 Å². The first-order valence-electron chi connectivity index (χ1n) is 3.70. The molecule has 1 aromatic rings. The van der Waals surface area contributed by atoms with Crippen LogP contribution in [0.5, 0.6) is 0 Å². The number of aromatic nitrogens is 2. The summed E-state index contributed by atoms with van der Waals surface area (Å²) in [5.74, 6) is 0.380. The third-order valence-corrected chi connectivity index (χ3v) is 1.71. The van der Waals surface area contributed by atoms with Gasteiger partial charge in [0.15, 0.2) is 0 Å². The molecule has 1 aliphatic heterocycles. The Labute approximate surface area is 73.3 Å². The van der Waals surface area contributed by atoms with Gasteiger partial charge in [-0.3, -0.25) is 10.1 Å². The van der Waals surface area contributed by atoms with Crippen molar-refractivity contribution in [2.24, 2.45) is 0 Å². The molecule has 2 rings (SSSR count). The van der Waals surface area contributed by atoms with E-state index in [1.807, 2.05) is 0 Å². The van der Waals surface area contributed by atoms with Crippen LogP contribution < -0.4 is 10.6 Å². The van der Waals surface area contributed by atoms with Crippen molar-refractivity contribution < 1.29 is 4.92 Å². The predicted molar refractivity (Wildman–Crippen MR) is 45.3 cm³/mol. The minimum atomic E-state index is -0.507. The van der Waals surface area contributed by atoms with Gasteiger partial charge >= 0.3 is 5.69 Å². The molecule has 0 unspecified atom stereocenters. The second kappa shape index (κ2) is 2.54. The number of nitro groups is 1. The van der Waals surface area contributed by atoms with Crippen LogP contribution in [0.15, 0.2) is 6.20 Å². The molecular weight excluding hydrogens is 174 g/mol. The summed E-state index contributed by atoms with van der Waals surface area (Å²) in [5, 5.41) is 10.5. The number of hydrogen-bond acceptors (Lipinski definition) is 6. The molecule has 2 N–H and O–H groups in total. The number of anilines is 2. The number of nitrogen functional groups attached to an aromatic ring is 1. The Hall–Kier alpha value is -1.92. The predicted octanol–water partition coefficient (Wildman–Crippen LogP) is -0.213. The third-order valence-electron chi connectivity index (χ3n) is 1.71. The van der Waals surface area contributed by atoms with Gasteiger partial charge in [-0.25, -0.2) is 4.98 Å². The van der Waals surface area contributed by atoms with E-state index in [1.54, 1.807) is 4.90 Å². The van der Waals surface area contributed by atoms with E-state index in [0.717, 1.165) is 19.3 Å². The van der Waals surface area contributed by atoms with Gasteiger partial charge in [0.05, 0.1) is 4.92 Å². The van der Waals surface area contributed by atoms with Crippen molar-refractivity contribution in [1.82, 2.24) is 9.97 Å². The largest absolute Gasteiger partial charge is 0.368 e. The number of rotatable bonds is 2. The summed E-state index contributed by atoms with van der Waals surface area (Å²) in [5.41, 5.74) is 5.23. The van der Waals surface area contributed by atoms with Crippen LogP contribution in [0.1, 0.15) is 0 Å². The van der Waals surface area contributed by atoms with E-state index in [9.17, 15) is 10.1 Å². The van der Waals surface area contributed by atoms with Gasteiger partial charge in [0.1, 0.15) is 6.20 Å². The lowest BCUT2D eigenvalue weighted by Gasteiger charge is -2.01. The Bertz CT molecular complexity index is 362. The molecule has 1 fully saturated rings. The first kappa shape index (κ1) is 7.71. The highest BCUT2D eigenvalue weighted by molar-refractivity contribution is 5.61. The molecule has 0 aromatic carbocycles. The average Bonchev–Trinajstić information content (AvgIpc) is 2.85. The third kappa shape index (κ3) is 1.35. The van der Waals surface area contributed by atoms with Crippen LogP contribution in [0.3, 0.4) is 0 Å². The van der Waals surface area contributed by atoms with E-state index < -0.39 is 4.92 Å². The van der Waals surface area contributed by atoms with Gasteiger partial charge < -0.3 is 10.6 Å². The molecule has 13 heavy (non-hydrogen) atoms. The lowest BCUT2D eigenvalue weighted by molar-refractivity contribution is -0.384. The Morgan fingerprint density at radius 1 is 1.62 bits per heavy atom. The maximum absolute atomic E-state index is 10.5. The molecule has 0 saturated carbocycles. The molecule has 68 valence electrons. The van der Waals surface area contributed by atoms with Crippen molar-refractivity contribution in [1.29, 1.82) is 0 Å². The van der Waals surface area contributed by atoms with Crippen LogP contribution in [-0.2, 0) is 0 Å². The van der Waals surface area contributed by atoms with Crippen molar-refractivity contribution in [3.63, 3.8) is 0 Å². The number of nitrogens with two attached hydrogens (primary N) is 1. The molecular formula is C6H7N5O2. The van der Waals surface area contributed by atoms with Crippen LogP contribution in [0.4, 0.5) is 17.5 Å². The zero-order chi connectivity index (χ0) is 9.42. The molecule has 0 amide bonds. The van der Waals surface area contributed by atoms with Crippen molar-refractivity contribution in [3.05, 3.63) is 16.3 Å². The van der Waals surface area contributed by atoms with E-state index in [4.69, 9.17) is 5.73 Å². The van der Waals surface area contributed by atoms with Crippen molar-refractivity contribution in [2.45, 2.75) is 0 Å². The summed E-state index contributed by atoms with van der Waals surface area (Å²) >= 11 is 0. The van der Waals surface area contributed by atoms with E-state index in [-0.39, 0.29) is 11.6 Å². The standard InChI is InChI=1S/C6H7N5O2/c7-6-8-3-4(11(12)13)5(9-6)10-1-2-10/h3H,1-2H2,(H2,7,8,9). The van der Waals surface area contributed by atoms with E-state index in [1.165, 1.54) is 0 Å². The van der Waals surface area contributed by atoms with Crippen LogP contribution >= 0.6 is 0 Å². The van der Waals surface area contributed by atoms with E-state index >= 15 is 0 Å². The van der Waals surface area contributed by atoms with Crippen LogP contribution in [0, 0.1) is 10.1 Å². The fourth-order valence-corrected chi connectivity index (χ4v) is 1.00. The molecule has 0 radical (unpaired) electrons. The summed E-state index contributed by atoms with van der Waals surface area (Å²) in [4.78, 5) is 19.2. The molecule has 0 atom stereocenters. The second-order valence-corrected chi connectivity index (χ2v) is 2.68. The highest BCUT2D eigenvalue weighted by atomic mass is 16.6. The van der Waals surface area contributed by atoms with Gasteiger partial charge in [-0.2, -0.15) is 4.98 Å². The minimum absolute atomic E-state index is 0.0625. The van der Waals surface area contributed by atoms with Gasteiger partial charge in [-0.05, 0) is 0 Å². The topological polar surface area (TPSA) is 98.0 Å². The van der Waals surface area contributed by atoms with E-state index in [0.29, 0.717) is 5.82 Å². The normalized spacial score (nSPS) is 14.3. The summed E-state index contributed by atoms with van der Waals surface area (Å²) in [6.07, 6.45) is 1.13. The van der Waals surface area contributed by atoms with E-state index in [2.05, 4.69) is 9.97 Å². The highest BCUT2D eigenvalue weighted by Gasteiger charge is 2.28. The zero-order valence-corrected chi connectivity index (χ0v) is 6.67. The van der Waals surface area contributed by atoms with Gasteiger partial charge in [0.2, 0.25) is 11.8 Å². The van der Waals surface area contributed by atoms with Gasteiger partial charge in [0, 0.05) is 13.1 Å². The van der Waals surface area contributed by atoms with Crippen LogP contribution in [-0.4, -0.2) is 28.0 Å². The van der Waals surface area contributed by atoms with Crippen molar-refractivity contribution in [3.8, 4) is 0 Å². The molecule has 0 bridgehead atoms.